The molecule has 3 aromatic carbocycles. The van der Waals surface area contributed by atoms with Crippen molar-refractivity contribution in [1.29, 1.82) is 0 Å². The number of benzene rings is 3. The summed E-state index contributed by atoms with van der Waals surface area (Å²) in [6.07, 6.45) is 13.4. The lowest BCUT2D eigenvalue weighted by molar-refractivity contribution is -0.0399. The van der Waals surface area contributed by atoms with Crippen LogP contribution >= 0.6 is 0 Å². The molecule has 0 N–H and O–H groups in total. The van der Waals surface area contributed by atoms with Crippen molar-refractivity contribution in [2.75, 3.05) is 165 Å². The summed E-state index contributed by atoms with van der Waals surface area (Å²) in [4.78, 5) is 0. The molecule has 0 unspecified atom stereocenters. The minimum atomic E-state index is -0.754. The molecule has 386 valence electrons. The van der Waals surface area contributed by atoms with Crippen LogP contribution in [0, 0.1) is 0 Å². The van der Waals surface area contributed by atoms with Gasteiger partial charge < -0.3 is 61.6 Å². The molecular weight excluding hydrogens is 869 g/mol. The molecule has 3 rings (SSSR count). The van der Waals surface area contributed by atoms with E-state index in [0.717, 1.165) is 29.7 Å². The van der Waals surface area contributed by atoms with E-state index in [1.165, 1.54) is 57.8 Å². The van der Waals surface area contributed by atoms with Gasteiger partial charge in [0.1, 0.15) is 5.60 Å². The van der Waals surface area contributed by atoms with Crippen molar-refractivity contribution in [3.63, 3.8) is 0 Å². The molecule has 0 radical (unpaired) electrons. The SMILES string of the molecule is CCCCCCCCCCCCOCCOCCOCCOCCOCCOCCOCCOCCOCCOCCOCCOCCOC(c1ccccc1)(c1ccccc1)c1ccccc1. The lowest BCUT2D eigenvalue weighted by Crippen LogP contribution is -2.34. The molecule has 0 fully saturated rings. The second-order valence-electron chi connectivity index (χ2n) is 16.2. The minimum Gasteiger partial charge on any atom is -0.379 e. The fraction of sp³-hybridized carbons (Fsp3) is 0.673. The average Bonchev–Trinajstić information content (AvgIpc) is 3.38. The number of hydrogen-bond acceptors (Lipinski definition) is 13. The Hall–Kier alpha value is -2.86. The first-order valence-electron chi connectivity index (χ1n) is 25.6. The number of ether oxygens (including phenoxy) is 13. The van der Waals surface area contributed by atoms with Crippen LogP contribution in [0.25, 0.3) is 0 Å². The molecular formula is C55H88O13. The Morgan fingerprint density at radius 1 is 0.235 bits per heavy atom. The largest absolute Gasteiger partial charge is 0.379 e. The summed E-state index contributed by atoms with van der Waals surface area (Å²) < 4.78 is 74.0. The maximum absolute atomic E-state index is 6.74. The summed E-state index contributed by atoms with van der Waals surface area (Å²) in [7, 11) is 0. The third-order valence-corrected chi connectivity index (χ3v) is 10.8. The molecule has 0 atom stereocenters. The van der Waals surface area contributed by atoms with E-state index in [-0.39, 0.29) is 0 Å². The highest BCUT2D eigenvalue weighted by molar-refractivity contribution is 5.47. The van der Waals surface area contributed by atoms with E-state index in [2.05, 4.69) is 43.3 Å². The Morgan fingerprint density at radius 3 is 0.691 bits per heavy atom. The predicted octanol–water partition coefficient (Wildman–Crippen LogP) is 9.12. The summed E-state index contributed by atoms with van der Waals surface area (Å²) in [5.74, 6) is 0. The number of hydrogen-bond donors (Lipinski definition) is 0. The normalized spacial score (nSPS) is 11.8. The summed E-state index contributed by atoms with van der Waals surface area (Å²) in [5, 5.41) is 0. The maximum Gasteiger partial charge on any atom is 0.143 e. The molecule has 0 saturated heterocycles. The lowest BCUT2D eigenvalue weighted by atomic mass is 9.80. The second-order valence-corrected chi connectivity index (χ2v) is 16.2. The van der Waals surface area contributed by atoms with Gasteiger partial charge in [0.05, 0.1) is 159 Å². The van der Waals surface area contributed by atoms with E-state index in [9.17, 15) is 0 Å². The van der Waals surface area contributed by atoms with E-state index in [1.807, 2.05) is 54.6 Å². The van der Waals surface area contributed by atoms with Crippen molar-refractivity contribution in [2.45, 2.75) is 76.7 Å². The van der Waals surface area contributed by atoms with Crippen LogP contribution < -0.4 is 0 Å². The van der Waals surface area contributed by atoms with Crippen molar-refractivity contribution >= 4 is 0 Å². The van der Waals surface area contributed by atoms with Crippen LogP contribution in [0.3, 0.4) is 0 Å². The van der Waals surface area contributed by atoms with E-state index in [0.29, 0.717) is 159 Å². The maximum atomic E-state index is 6.74. The Bertz CT molecular complexity index is 1360. The molecule has 0 amide bonds. The van der Waals surface area contributed by atoms with Gasteiger partial charge >= 0.3 is 0 Å². The van der Waals surface area contributed by atoms with Gasteiger partial charge in [0.25, 0.3) is 0 Å². The van der Waals surface area contributed by atoms with E-state index >= 15 is 0 Å². The van der Waals surface area contributed by atoms with E-state index in [4.69, 9.17) is 61.6 Å². The van der Waals surface area contributed by atoms with Crippen LogP contribution in [0.5, 0.6) is 0 Å². The summed E-state index contributed by atoms with van der Waals surface area (Å²) in [6.45, 7) is 15.4. The quantitative estimate of drug-likeness (QED) is 0.0396. The van der Waals surface area contributed by atoms with Gasteiger partial charge in [0, 0.05) is 6.61 Å². The third kappa shape index (κ3) is 30.7. The van der Waals surface area contributed by atoms with Gasteiger partial charge in [0.15, 0.2) is 0 Å². The van der Waals surface area contributed by atoms with Gasteiger partial charge in [-0.25, -0.2) is 0 Å². The van der Waals surface area contributed by atoms with Crippen LogP contribution in [0.15, 0.2) is 91.0 Å². The molecule has 0 aliphatic rings. The first kappa shape index (κ1) is 59.4. The summed E-state index contributed by atoms with van der Waals surface area (Å²) >= 11 is 0. The van der Waals surface area contributed by atoms with Gasteiger partial charge in [-0.2, -0.15) is 0 Å². The van der Waals surface area contributed by atoms with Gasteiger partial charge in [-0.1, -0.05) is 156 Å². The smallest absolute Gasteiger partial charge is 0.143 e. The molecule has 3 aromatic rings. The molecule has 0 heterocycles. The standard InChI is InChI=1S/C55H88O13/c1-2-3-4-5-6-7-8-9-10-20-27-56-28-29-57-30-31-58-32-33-59-34-35-60-36-37-61-38-39-62-40-41-63-42-43-64-44-45-65-46-47-66-48-49-67-50-51-68-55(52-21-14-11-15-22-52,53-23-16-12-17-24-53)54-25-18-13-19-26-54/h11-19,21-26H,2-10,20,27-51H2,1H3. The molecule has 0 aliphatic heterocycles. The van der Waals surface area contributed by atoms with Gasteiger partial charge in [-0.15, -0.1) is 0 Å². The first-order chi connectivity index (χ1) is 33.9. The summed E-state index contributed by atoms with van der Waals surface area (Å²) in [6, 6.07) is 31.0. The Morgan fingerprint density at radius 2 is 0.441 bits per heavy atom. The fourth-order valence-corrected chi connectivity index (χ4v) is 7.23. The zero-order valence-electron chi connectivity index (χ0n) is 41.7. The topological polar surface area (TPSA) is 120 Å². The van der Waals surface area contributed by atoms with Crippen LogP contribution in [-0.2, 0) is 67.2 Å². The number of unbranched alkanes of at least 4 members (excludes halogenated alkanes) is 9. The van der Waals surface area contributed by atoms with Crippen molar-refractivity contribution in [1.82, 2.24) is 0 Å². The van der Waals surface area contributed by atoms with Crippen molar-refractivity contribution < 1.29 is 61.6 Å². The molecule has 0 aliphatic carbocycles. The lowest BCUT2D eigenvalue weighted by Gasteiger charge is -2.36. The number of rotatable bonds is 51. The molecule has 0 saturated carbocycles. The van der Waals surface area contributed by atoms with Crippen LogP contribution in [0.1, 0.15) is 87.8 Å². The monoisotopic (exact) mass is 957 g/mol. The predicted molar refractivity (Wildman–Crippen MR) is 267 cm³/mol. The van der Waals surface area contributed by atoms with Crippen LogP contribution in [0.4, 0.5) is 0 Å². The zero-order chi connectivity index (χ0) is 47.8. The third-order valence-electron chi connectivity index (χ3n) is 10.8. The Labute approximate surface area is 410 Å². The molecule has 68 heavy (non-hydrogen) atoms. The zero-order valence-corrected chi connectivity index (χ0v) is 41.7. The Balaban J connectivity index is 0.960. The molecule has 13 nitrogen and oxygen atoms in total. The van der Waals surface area contributed by atoms with Crippen molar-refractivity contribution in [3.8, 4) is 0 Å². The molecule has 0 aromatic heterocycles. The van der Waals surface area contributed by atoms with Crippen molar-refractivity contribution in [3.05, 3.63) is 108 Å². The van der Waals surface area contributed by atoms with Gasteiger partial charge in [-0.3, -0.25) is 0 Å². The first-order valence-corrected chi connectivity index (χ1v) is 25.6. The fourth-order valence-electron chi connectivity index (χ4n) is 7.23. The molecule has 13 heteroatoms. The highest BCUT2D eigenvalue weighted by atomic mass is 16.6. The highest BCUT2D eigenvalue weighted by Crippen LogP contribution is 2.40. The Kier molecular flexibility index (Phi) is 39.6. The molecule has 0 bridgehead atoms. The summed E-state index contributed by atoms with van der Waals surface area (Å²) in [5.41, 5.74) is 2.45. The molecule has 0 spiro atoms. The van der Waals surface area contributed by atoms with Gasteiger partial charge in [0.2, 0.25) is 0 Å². The average molecular weight is 957 g/mol. The van der Waals surface area contributed by atoms with Gasteiger partial charge in [-0.05, 0) is 23.1 Å². The minimum absolute atomic E-state index is 0.415. The van der Waals surface area contributed by atoms with Crippen LogP contribution in [-0.4, -0.2) is 165 Å². The van der Waals surface area contributed by atoms with E-state index in [1.54, 1.807) is 0 Å². The van der Waals surface area contributed by atoms with Crippen LogP contribution in [0.2, 0.25) is 0 Å². The highest BCUT2D eigenvalue weighted by Gasteiger charge is 2.37. The van der Waals surface area contributed by atoms with Crippen molar-refractivity contribution in [2.24, 2.45) is 0 Å². The van der Waals surface area contributed by atoms with E-state index < -0.39 is 5.60 Å². The second kappa shape index (κ2) is 45.3.